The summed E-state index contributed by atoms with van der Waals surface area (Å²) in [6.45, 7) is 4.20. The Morgan fingerprint density at radius 1 is 1.38 bits per heavy atom. The molecule has 72 valence electrons. The Morgan fingerprint density at radius 2 is 2.15 bits per heavy atom. The number of benzene rings is 1. The molecule has 0 saturated carbocycles. The van der Waals surface area contributed by atoms with Gasteiger partial charge in [-0.1, -0.05) is 29.8 Å². The van der Waals surface area contributed by atoms with Crippen molar-refractivity contribution in [2.75, 3.05) is 0 Å². The molecular formula is C12H19N. The van der Waals surface area contributed by atoms with E-state index in [0.29, 0.717) is 6.04 Å². The fourth-order valence-electron chi connectivity index (χ4n) is 1.50. The molecular weight excluding hydrogens is 158 g/mol. The second-order valence-electron chi connectivity index (χ2n) is 3.86. The van der Waals surface area contributed by atoms with Gasteiger partial charge in [-0.15, -0.1) is 0 Å². The summed E-state index contributed by atoms with van der Waals surface area (Å²) in [5.41, 5.74) is 8.46. The van der Waals surface area contributed by atoms with Crippen molar-refractivity contribution in [3.63, 3.8) is 0 Å². The molecule has 0 saturated heterocycles. The van der Waals surface area contributed by atoms with Gasteiger partial charge in [-0.3, -0.25) is 0 Å². The predicted octanol–water partition coefficient (Wildman–Crippen LogP) is 2.66. The van der Waals surface area contributed by atoms with Crippen LogP contribution in [-0.2, 0) is 6.42 Å². The Hall–Kier alpha value is -0.820. The summed E-state index contributed by atoms with van der Waals surface area (Å²) in [5.74, 6) is 0. The number of nitrogens with two attached hydrogens (primary N) is 1. The molecule has 1 aromatic carbocycles. The van der Waals surface area contributed by atoms with Crippen LogP contribution in [0.15, 0.2) is 24.3 Å². The third-order valence-electron chi connectivity index (χ3n) is 2.21. The van der Waals surface area contributed by atoms with Gasteiger partial charge in [-0.05, 0) is 38.7 Å². The van der Waals surface area contributed by atoms with Gasteiger partial charge in [0.05, 0.1) is 0 Å². The Balaban J connectivity index is 2.37. The van der Waals surface area contributed by atoms with Crippen LogP contribution in [-0.4, -0.2) is 6.04 Å². The lowest BCUT2D eigenvalue weighted by Gasteiger charge is -2.05. The zero-order valence-corrected chi connectivity index (χ0v) is 8.59. The quantitative estimate of drug-likeness (QED) is 0.751. The number of aryl methyl sites for hydroxylation is 2. The number of hydrogen-bond donors (Lipinski definition) is 1. The number of rotatable bonds is 4. The summed E-state index contributed by atoms with van der Waals surface area (Å²) in [6.07, 6.45) is 3.47. The van der Waals surface area contributed by atoms with Crippen LogP contribution in [0.3, 0.4) is 0 Å². The average molecular weight is 177 g/mol. The monoisotopic (exact) mass is 177 g/mol. The Kier molecular flexibility index (Phi) is 3.97. The van der Waals surface area contributed by atoms with Crippen LogP contribution in [0, 0.1) is 6.92 Å². The maximum Gasteiger partial charge on any atom is 0.00105 e. The van der Waals surface area contributed by atoms with Crippen molar-refractivity contribution < 1.29 is 0 Å². The number of hydrogen-bond acceptors (Lipinski definition) is 1. The first-order chi connectivity index (χ1) is 6.18. The first kappa shape index (κ1) is 10.3. The molecule has 0 aliphatic rings. The van der Waals surface area contributed by atoms with Crippen molar-refractivity contribution >= 4 is 0 Å². The average Bonchev–Trinajstić information content (AvgIpc) is 2.03. The normalized spacial score (nSPS) is 12.8. The standard InChI is InChI=1S/C12H19N/c1-10-5-3-7-12(9-10)8-4-6-11(2)13/h3,5,7,9,11H,4,6,8,13H2,1-2H3. The van der Waals surface area contributed by atoms with Crippen LogP contribution in [0.4, 0.5) is 0 Å². The van der Waals surface area contributed by atoms with Crippen molar-refractivity contribution in [1.29, 1.82) is 0 Å². The second-order valence-corrected chi connectivity index (χ2v) is 3.86. The highest BCUT2D eigenvalue weighted by atomic mass is 14.6. The molecule has 0 aromatic heterocycles. The highest BCUT2D eigenvalue weighted by Crippen LogP contribution is 2.08. The summed E-state index contributed by atoms with van der Waals surface area (Å²) >= 11 is 0. The topological polar surface area (TPSA) is 26.0 Å². The fourth-order valence-corrected chi connectivity index (χ4v) is 1.50. The van der Waals surface area contributed by atoms with E-state index in [4.69, 9.17) is 5.73 Å². The molecule has 1 aromatic rings. The minimum Gasteiger partial charge on any atom is -0.328 e. The highest BCUT2D eigenvalue weighted by Gasteiger charge is 1.96. The van der Waals surface area contributed by atoms with Gasteiger partial charge in [0.2, 0.25) is 0 Å². The first-order valence-corrected chi connectivity index (χ1v) is 4.99. The van der Waals surface area contributed by atoms with Gasteiger partial charge in [-0.2, -0.15) is 0 Å². The zero-order valence-electron chi connectivity index (χ0n) is 8.59. The van der Waals surface area contributed by atoms with E-state index < -0.39 is 0 Å². The molecule has 1 rings (SSSR count). The van der Waals surface area contributed by atoms with Crippen molar-refractivity contribution in [1.82, 2.24) is 0 Å². The van der Waals surface area contributed by atoms with Crippen LogP contribution in [0.1, 0.15) is 30.9 Å². The molecule has 0 bridgehead atoms. The van der Waals surface area contributed by atoms with E-state index in [2.05, 4.69) is 38.1 Å². The van der Waals surface area contributed by atoms with Gasteiger partial charge in [0.1, 0.15) is 0 Å². The van der Waals surface area contributed by atoms with Crippen LogP contribution in [0.5, 0.6) is 0 Å². The molecule has 0 amide bonds. The summed E-state index contributed by atoms with van der Waals surface area (Å²) in [5, 5.41) is 0. The lowest BCUT2D eigenvalue weighted by atomic mass is 10.0. The molecule has 0 fully saturated rings. The molecule has 0 heterocycles. The SMILES string of the molecule is Cc1cccc(CCCC(C)N)c1. The third-order valence-corrected chi connectivity index (χ3v) is 2.21. The predicted molar refractivity (Wildman–Crippen MR) is 57.8 cm³/mol. The molecule has 1 nitrogen and oxygen atoms in total. The van der Waals surface area contributed by atoms with Crippen LogP contribution in [0.2, 0.25) is 0 Å². The van der Waals surface area contributed by atoms with E-state index in [-0.39, 0.29) is 0 Å². The van der Waals surface area contributed by atoms with Gasteiger partial charge in [-0.25, -0.2) is 0 Å². The maximum atomic E-state index is 5.69. The van der Waals surface area contributed by atoms with E-state index in [1.807, 2.05) is 0 Å². The van der Waals surface area contributed by atoms with Gasteiger partial charge in [0, 0.05) is 6.04 Å². The molecule has 13 heavy (non-hydrogen) atoms. The summed E-state index contributed by atoms with van der Waals surface area (Å²) < 4.78 is 0. The Bertz CT molecular complexity index is 253. The lowest BCUT2D eigenvalue weighted by Crippen LogP contribution is -2.14. The highest BCUT2D eigenvalue weighted by molar-refractivity contribution is 5.22. The smallest absolute Gasteiger partial charge is 0.00105 e. The maximum absolute atomic E-state index is 5.69. The van der Waals surface area contributed by atoms with Crippen molar-refractivity contribution in [3.05, 3.63) is 35.4 Å². The van der Waals surface area contributed by atoms with Crippen molar-refractivity contribution in [2.45, 2.75) is 39.2 Å². The summed E-state index contributed by atoms with van der Waals surface area (Å²) in [6, 6.07) is 9.03. The molecule has 1 heteroatoms. The van der Waals surface area contributed by atoms with E-state index in [9.17, 15) is 0 Å². The molecule has 0 radical (unpaired) electrons. The minimum atomic E-state index is 0.338. The molecule has 1 unspecified atom stereocenters. The third kappa shape index (κ3) is 4.09. The summed E-state index contributed by atoms with van der Waals surface area (Å²) in [4.78, 5) is 0. The second kappa shape index (κ2) is 5.03. The molecule has 0 spiro atoms. The van der Waals surface area contributed by atoms with Gasteiger partial charge < -0.3 is 5.73 Å². The van der Waals surface area contributed by atoms with E-state index in [0.717, 1.165) is 12.8 Å². The van der Waals surface area contributed by atoms with Gasteiger partial charge in [0.25, 0.3) is 0 Å². The summed E-state index contributed by atoms with van der Waals surface area (Å²) in [7, 11) is 0. The van der Waals surface area contributed by atoms with Crippen LogP contribution in [0.25, 0.3) is 0 Å². The minimum absolute atomic E-state index is 0.338. The largest absolute Gasteiger partial charge is 0.328 e. The lowest BCUT2D eigenvalue weighted by molar-refractivity contribution is 0.624. The van der Waals surface area contributed by atoms with E-state index in [1.165, 1.54) is 17.5 Å². The Morgan fingerprint density at radius 3 is 2.77 bits per heavy atom. The first-order valence-electron chi connectivity index (χ1n) is 4.99. The van der Waals surface area contributed by atoms with Crippen molar-refractivity contribution in [2.24, 2.45) is 5.73 Å². The zero-order chi connectivity index (χ0) is 9.68. The molecule has 2 N–H and O–H groups in total. The van der Waals surface area contributed by atoms with E-state index in [1.54, 1.807) is 0 Å². The van der Waals surface area contributed by atoms with Gasteiger partial charge >= 0.3 is 0 Å². The Labute approximate surface area is 81.0 Å². The van der Waals surface area contributed by atoms with Crippen LogP contribution >= 0.6 is 0 Å². The van der Waals surface area contributed by atoms with E-state index >= 15 is 0 Å². The van der Waals surface area contributed by atoms with Gasteiger partial charge in [0.15, 0.2) is 0 Å². The fraction of sp³-hybridized carbons (Fsp3) is 0.500. The molecule has 0 aliphatic heterocycles. The van der Waals surface area contributed by atoms with Crippen LogP contribution < -0.4 is 5.73 Å². The van der Waals surface area contributed by atoms with Crippen molar-refractivity contribution in [3.8, 4) is 0 Å². The molecule has 1 atom stereocenters. The molecule has 0 aliphatic carbocycles.